The highest BCUT2D eigenvalue weighted by Crippen LogP contribution is 2.24. The maximum Gasteiger partial charge on any atom is 0.260 e. The summed E-state index contributed by atoms with van der Waals surface area (Å²) in [5.74, 6) is 0.429. The largest absolute Gasteiger partial charge is 0.483 e. The molecule has 0 bridgehead atoms. The molecule has 0 N–H and O–H groups in total. The van der Waals surface area contributed by atoms with E-state index >= 15 is 0 Å². The van der Waals surface area contributed by atoms with Crippen molar-refractivity contribution in [1.82, 2.24) is 14.8 Å². The molecule has 0 unspecified atom stereocenters. The standard InChI is InChI=1S/C24H26FN3O2/c1-17-14-28(18(2)13-27(17)15-19-8-10-20(25)11-9-19)24(29)16-30-23-7-3-6-22-21(23)5-4-12-26-22/h3-12,17-18H,13-16H2,1-2H3/t17-,18+/m0/s1. The molecule has 0 spiro atoms. The minimum atomic E-state index is -0.224. The molecule has 3 aromatic rings. The molecule has 156 valence electrons. The van der Waals surface area contributed by atoms with Gasteiger partial charge < -0.3 is 9.64 Å². The summed E-state index contributed by atoms with van der Waals surface area (Å²) < 4.78 is 19.0. The van der Waals surface area contributed by atoms with Gasteiger partial charge in [-0.1, -0.05) is 18.2 Å². The predicted molar refractivity (Wildman–Crippen MR) is 115 cm³/mol. The first kappa shape index (κ1) is 20.3. The van der Waals surface area contributed by atoms with Crippen molar-refractivity contribution in [2.75, 3.05) is 19.7 Å². The summed E-state index contributed by atoms with van der Waals surface area (Å²) >= 11 is 0. The van der Waals surface area contributed by atoms with E-state index in [0.717, 1.165) is 29.6 Å². The lowest BCUT2D eigenvalue weighted by Crippen LogP contribution is -2.58. The maximum atomic E-state index is 13.2. The highest BCUT2D eigenvalue weighted by molar-refractivity contribution is 5.85. The molecule has 6 heteroatoms. The second-order valence-electron chi connectivity index (χ2n) is 7.91. The van der Waals surface area contributed by atoms with Crippen molar-refractivity contribution in [3.63, 3.8) is 0 Å². The summed E-state index contributed by atoms with van der Waals surface area (Å²) in [5, 5.41) is 0.901. The zero-order valence-electron chi connectivity index (χ0n) is 17.3. The number of aromatic nitrogens is 1. The molecule has 4 rings (SSSR count). The Bertz CT molecular complexity index is 1020. The van der Waals surface area contributed by atoms with Gasteiger partial charge in [0.1, 0.15) is 11.6 Å². The Morgan fingerprint density at radius 3 is 2.67 bits per heavy atom. The number of amides is 1. The summed E-state index contributed by atoms with van der Waals surface area (Å²) in [6.07, 6.45) is 1.74. The molecule has 1 aromatic heterocycles. The van der Waals surface area contributed by atoms with Crippen LogP contribution in [0.3, 0.4) is 0 Å². The lowest BCUT2D eigenvalue weighted by Gasteiger charge is -2.44. The highest BCUT2D eigenvalue weighted by Gasteiger charge is 2.32. The molecule has 2 aromatic carbocycles. The number of nitrogens with zero attached hydrogens (tertiary/aromatic N) is 3. The summed E-state index contributed by atoms with van der Waals surface area (Å²) in [4.78, 5) is 21.4. The summed E-state index contributed by atoms with van der Waals surface area (Å²) in [6, 6.07) is 16.4. The van der Waals surface area contributed by atoms with Gasteiger partial charge in [-0.3, -0.25) is 14.7 Å². The van der Waals surface area contributed by atoms with E-state index < -0.39 is 0 Å². The molecule has 1 aliphatic rings. The summed E-state index contributed by atoms with van der Waals surface area (Å²) in [5.41, 5.74) is 1.92. The number of hydrogen-bond donors (Lipinski definition) is 0. The number of benzene rings is 2. The van der Waals surface area contributed by atoms with E-state index in [1.54, 1.807) is 6.20 Å². The normalized spacial score (nSPS) is 19.8. The van der Waals surface area contributed by atoms with Gasteiger partial charge in [0.05, 0.1) is 5.52 Å². The van der Waals surface area contributed by atoms with Crippen molar-refractivity contribution >= 4 is 16.8 Å². The SMILES string of the molecule is C[C@@H]1CN(Cc2ccc(F)cc2)[C@@H](C)CN1C(=O)COc1cccc2ncccc12. The lowest BCUT2D eigenvalue weighted by atomic mass is 10.1. The van der Waals surface area contributed by atoms with Gasteiger partial charge in [0.15, 0.2) is 6.61 Å². The van der Waals surface area contributed by atoms with Crippen LogP contribution < -0.4 is 4.74 Å². The second-order valence-corrected chi connectivity index (χ2v) is 7.91. The Hall–Kier alpha value is -2.99. The van der Waals surface area contributed by atoms with Crippen LogP contribution in [0.2, 0.25) is 0 Å². The van der Waals surface area contributed by atoms with Gasteiger partial charge in [-0.15, -0.1) is 0 Å². The maximum absolute atomic E-state index is 13.2. The Morgan fingerprint density at radius 1 is 1.07 bits per heavy atom. The van der Waals surface area contributed by atoms with Gasteiger partial charge in [-0.05, 0) is 55.8 Å². The topological polar surface area (TPSA) is 45.7 Å². The van der Waals surface area contributed by atoms with Crippen LogP contribution in [0.4, 0.5) is 4.39 Å². The number of fused-ring (bicyclic) bond motifs is 1. The minimum Gasteiger partial charge on any atom is -0.483 e. The van der Waals surface area contributed by atoms with Crippen molar-refractivity contribution in [2.45, 2.75) is 32.5 Å². The van der Waals surface area contributed by atoms with Gasteiger partial charge >= 0.3 is 0 Å². The number of carbonyl (C=O) groups excluding carboxylic acids is 1. The van der Waals surface area contributed by atoms with Crippen LogP contribution in [0.25, 0.3) is 10.9 Å². The third-order valence-corrected chi connectivity index (χ3v) is 5.69. The van der Waals surface area contributed by atoms with Crippen molar-refractivity contribution in [1.29, 1.82) is 0 Å². The fourth-order valence-electron chi connectivity index (χ4n) is 4.01. The average Bonchev–Trinajstić information content (AvgIpc) is 2.76. The van der Waals surface area contributed by atoms with Crippen LogP contribution in [0.5, 0.6) is 5.75 Å². The van der Waals surface area contributed by atoms with Crippen molar-refractivity contribution in [3.8, 4) is 5.75 Å². The molecular weight excluding hydrogens is 381 g/mol. The monoisotopic (exact) mass is 407 g/mol. The molecule has 1 amide bonds. The molecule has 30 heavy (non-hydrogen) atoms. The molecule has 0 aliphatic carbocycles. The Labute approximate surface area is 176 Å². The van der Waals surface area contributed by atoms with Crippen LogP contribution in [0, 0.1) is 5.82 Å². The molecular formula is C24H26FN3O2. The predicted octanol–water partition coefficient (Wildman–Crippen LogP) is 3.87. The first-order valence-corrected chi connectivity index (χ1v) is 10.3. The number of carbonyl (C=O) groups is 1. The third kappa shape index (κ3) is 4.44. The number of rotatable bonds is 5. The van der Waals surface area contributed by atoms with Crippen molar-refractivity contribution in [3.05, 3.63) is 72.2 Å². The van der Waals surface area contributed by atoms with E-state index in [9.17, 15) is 9.18 Å². The van der Waals surface area contributed by atoms with Crippen LogP contribution >= 0.6 is 0 Å². The van der Waals surface area contributed by atoms with Crippen molar-refractivity contribution < 1.29 is 13.9 Å². The molecule has 5 nitrogen and oxygen atoms in total. The lowest BCUT2D eigenvalue weighted by molar-refractivity contribution is -0.139. The van der Waals surface area contributed by atoms with Gasteiger partial charge in [-0.2, -0.15) is 0 Å². The highest BCUT2D eigenvalue weighted by atomic mass is 19.1. The fraction of sp³-hybridized carbons (Fsp3) is 0.333. The first-order valence-electron chi connectivity index (χ1n) is 10.3. The molecule has 1 fully saturated rings. The fourth-order valence-corrected chi connectivity index (χ4v) is 4.01. The van der Waals surface area contributed by atoms with Gasteiger partial charge in [0.2, 0.25) is 0 Å². The molecule has 0 saturated carbocycles. The quantitative estimate of drug-likeness (QED) is 0.644. The Morgan fingerprint density at radius 2 is 1.87 bits per heavy atom. The molecule has 2 heterocycles. The Kier molecular flexibility index (Phi) is 5.95. The minimum absolute atomic E-state index is 0.00301. The van der Waals surface area contributed by atoms with Gasteiger partial charge in [0, 0.05) is 43.3 Å². The molecule has 0 radical (unpaired) electrons. The number of ether oxygens (including phenoxy) is 1. The van der Waals surface area contributed by atoms with Crippen molar-refractivity contribution in [2.24, 2.45) is 0 Å². The van der Waals surface area contributed by atoms with Gasteiger partial charge in [-0.25, -0.2) is 4.39 Å². The third-order valence-electron chi connectivity index (χ3n) is 5.69. The van der Waals surface area contributed by atoms with E-state index in [2.05, 4.69) is 23.7 Å². The van der Waals surface area contributed by atoms with E-state index in [4.69, 9.17) is 4.74 Å². The molecule has 1 aliphatic heterocycles. The van der Waals surface area contributed by atoms with Crippen LogP contribution in [0.1, 0.15) is 19.4 Å². The van der Waals surface area contributed by atoms with Crippen LogP contribution in [-0.4, -0.2) is 52.5 Å². The van der Waals surface area contributed by atoms with E-state index in [1.165, 1.54) is 12.1 Å². The zero-order valence-corrected chi connectivity index (χ0v) is 17.3. The number of pyridine rings is 1. The van der Waals surface area contributed by atoms with E-state index in [1.807, 2.05) is 47.4 Å². The van der Waals surface area contributed by atoms with Gasteiger partial charge in [0.25, 0.3) is 5.91 Å². The van der Waals surface area contributed by atoms with Crippen LogP contribution in [-0.2, 0) is 11.3 Å². The zero-order chi connectivity index (χ0) is 21.1. The van der Waals surface area contributed by atoms with Crippen LogP contribution in [0.15, 0.2) is 60.8 Å². The number of piperazine rings is 1. The second kappa shape index (κ2) is 8.79. The summed E-state index contributed by atoms with van der Waals surface area (Å²) in [7, 11) is 0. The molecule has 1 saturated heterocycles. The molecule has 2 atom stereocenters. The smallest absolute Gasteiger partial charge is 0.260 e. The Balaban J connectivity index is 1.37. The van der Waals surface area contributed by atoms with E-state index in [0.29, 0.717) is 12.3 Å². The number of halogens is 1. The summed E-state index contributed by atoms with van der Waals surface area (Å²) in [6.45, 7) is 6.33. The number of hydrogen-bond acceptors (Lipinski definition) is 4. The average molecular weight is 407 g/mol. The first-order chi connectivity index (χ1) is 14.5. The van der Waals surface area contributed by atoms with E-state index in [-0.39, 0.29) is 30.4 Å².